The molecule has 0 bridgehead atoms. The van der Waals surface area contributed by atoms with Crippen molar-refractivity contribution < 1.29 is 0 Å². The van der Waals surface area contributed by atoms with Gasteiger partial charge in [-0.1, -0.05) is 0 Å². The summed E-state index contributed by atoms with van der Waals surface area (Å²) in [6.45, 7) is 0. The van der Waals surface area contributed by atoms with Gasteiger partial charge in [0.2, 0.25) is 0 Å². The number of hydrogen-bond donors (Lipinski definition) is 1. The summed E-state index contributed by atoms with van der Waals surface area (Å²) in [5.41, 5.74) is 8.76. The van der Waals surface area contributed by atoms with Gasteiger partial charge in [-0.3, -0.25) is 4.99 Å². The number of aromatic nitrogens is 2. The van der Waals surface area contributed by atoms with E-state index in [0.717, 1.165) is 17.7 Å². The van der Waals surface area contributed by atoms with Gasteiger partial charge in [0, 0.05) is 19.7 Å². The van der Waals surface area contributed by atoms with Crippen molar-refractivity contribution in [3.63, 3.8) is 0 Å². The van der Waals surface area contributed by atoms with Crippen molar-refractivity contribution in [3.05, 3.63) is 40.0 Å². The highest BCUT2D eigenvalue weighted by Crippen LogP contribution is 2.16. The molecule has 0 saturated heterocycles. The predicted molar refractivity (Wildman–Crippen MR) is 67.1 cm³/mol. The molecule has 0 fully saturated rings. The Morgan fingerprint density at radius 2 is 2.38 bits per heavy atom. The van der Waals surface area contributed by atoms with E-state index in [1.165, 1.54) is 11.9 Å². The van der Waals surface area contributed by atoms with E-state index in [0.29, 0.717) is 5.82 Å². The Bertz CT molecular complexity index is 491. The van der Waals surface area contributed by atoms with E-state index in [1.807, 2.05) is 5.38 Å². The SMILES string of the molecule is CN=Cc1c(N)ncnc1Cc1ccsc1. The van der Waals surface area contributed by atoms with E-state index < -0.39 is 0 Å². The Morgan fingerprint density at radius 1 is 1.50 bits per heavy atom. The van der Waals surface area contributed by atoms with Crippen LogP contribution in [0.25, 0.3) is 0 Å². The van der Waals surface area contributed by atoms with E-state index >= 15 is 0 Å². The summed E-state index contributed by atoms with van der Waals surface area (Å²) in [5.74, 6) is 0.478. The minimum atomic E-state index is 0.478. The fourth-order valence-electron chi connectivity index (χ4n) is 1.44. The molecule has 2 heterocycles. The summed E-state index contributed by atoms with van der Waals surface area (Å²) in [5, 5.41) is 4.15. The quantitative estimate of drug-likeness (QED) is 0.820. The first-order valence-electron chi connectivity index (χ1n) is 4.84. The third kappa shape index (κ3) is 2.25. The highest BCUT2D eigenvalue weighted by atomic mass is 32.1. The first-order valence-corrected chi connectivity index (χ1v) is 5.78. The summed E-state index contributed by atoms with van der Waals surface area (Å²) in [6.07, 6.45) is 3.96. The molecule has 0 atom stereocenters. The minimum absolute atomic E-state index is 0.478. The average molecular weight is 232 g/mol. The lowest BCUT2D eigenvalue weighted by molar-refractivity contribution is 1.03. The Morgan fingerprint density at radius 3 is 3.06 bits per heavy atom. The van der Waals surface area contributed by atoms with Gasteiger partial charge < -0.3 is 5.73 Å². The number of thiophene rings is 1. The third-order valence-electron chi connectivity index (χ3n) is 2.21. The second-order valence-electron chi connectivity index (χ2n) is 3.31. The maximum Gasteiger partial charge on any atom is 0.135 e. The molecule has 2 rings (SSSR count). The summed E-state index contributed by atoms with van der Waals surface area (Å²) in [7, 11) is 1.71. The molecular formula is C11H12N4S. The third-order valence-corrected chi connectivity index (χ3v) is 2.94. The van der Waals surface area contributed by atoms with Crippen molar-refractivity contribution in [1.29, 1.82) is 0 Å². The van der Waals surface area contributed by atoms with Crippen LogP contribution in [0.3, 0.4) is 0 Å². The first-order chi connectivity index (χ1) is 7.81. The molecule has 0 aliphatic heterocycles. The molecule has 0 aliphatic rings. The zero-order chi connectivity index (χ0) is 11.4. The van der Waals surface area contributed by atoms with Crippen LogP contribution in [0, 0.1) is 0 Å². The Hall–Kier alpha value is -1.75. The van der Waals surface area contributed by atoms with Crippen LogP contribution < -0.4 is 5.73 Å². The number of nitrogen functional groups attached to an aromatic ring is 1. The molecule has 0 radical (unpaired) electrons. The maximum absolute atomic E-state index is 5.80. The summed E-state index contributed by atoms with van der Waals surface area (Å²) in [6, 6.07) is 2.08. The first kappa shape index (κ1) is 10.8. The van der Waals surface area contributed by atoms with Crippen molar-refractivity contribution in [2.75, 3.05) is 12.8 Å². The van der Waals surface area contributed by atoms with Crippen molar-refractivity contribution in [2.45, 2.75) is 6.42 Å². The van der Waals surface area contributed by atoms with Crippen LogP contribution in [0.4, 0.5) is 5.82 Å². The van der Waals surface area contributed by atoms with Crippen molar-refractivity contribution in [3.8, 4) is 0 Å². The molecule has 16 heavy (non-hydrogen) atoms. The highest BCUT2D eigenvalue weighted by Gasteiger charge is 2.07. The largest absolute Gasteiger partial charge is 0.383 e. The Labute approximate surface area is 97.9 Å². The normalized spacial score (nSPS) is 11.1. The number of nitrogens with zero attached hydrogens (tertiary/aromatic N) is 3. The van der Waals surface area contributed by atoms with E-state index in [-0.39, 0.29) is 0 Å². The molecular weight excluding hydrogens is 220 g/mol. The summed E-state index contributed by atoms with van der Waals surface area (Å²) in [4.78, 5) is 12.2. The lowest BCUT2D eigenvalue weighted by Gasteiger charge is -2.05. The summed E-state index contributed by atoms with van der Waals surface area (Å²) >= 11 is 1.67. The highest BCUT2D eigenvalue weighted by molar-refractivity contribution is 7.07. The fourth-order valence-corrected chi connectivity index (χ4v) is 2.11. The second kappa shape index (κ2) is 4.85. The van der Waals surface area contributed by atoms with Crippen LogP contribution in [-0.4, -0.2) is 23.2 Å². The van der Waals surface area contributed by atoms with Gasteiger partial charge in [0.1, 0.15) is 12.1 Å². The molecule has 0 saturated carbocycles. The van der Waals surface area contributed by atoms with Crippen molar-refractivity contribution >= 4 is 23.4 Å². The van der Waals surface area contributed by atoms with Gasteiger partial charge >= 0.3 is 0 Å². The molecule has 0 unspecified atom stereocenters. The standard InChI is InChI=1S/C11H12N4S/c1-13-5-9-10(14-7-15-11(9)12)4-8-2-3-16-6-8/h2-3,5-7H,4H2,1H3,(H2,12,14,15). The molecule has 2 N–H and O–H groups in total. The van der Waals surface area contributed by atoms with Crippen molar-refractivity contribution in [1.82, 2.24) is 9.97 Å². The van der Waals surface area contributed by atoms with Gasteiger partial charge in [-0.2, -0.15) is 11.3 Å². The number of aliphatic imine (C=N–C) groups is 1. The summed E-state index contributed by atoms with van der Waals surface area (Å²) < 4.78 is 0. The van der Waals surface area contributed by atoms with Crippen LogP contribution in [0.2, 0.25) is 0 Å². The van der Waals surface area contributed by atoms with Gasteiger partial charge in [0.25, 0.3) is 0 Å². The van der Waals surface area contributed by atoms with Gasteiger partial charge in [-0.15, -0.1) is 0 Å². The molecule has 82 valence electrons. The average Bonchev–Trinajstić information content (AvgIpc) is 2.76. The zero-order valence-electron chi connectivity index (χ0n) is 8.92. The molecule has 0 spiro atoms. The molecule has 2 aromatic heterocycles. The van der Waals surface area contributed by atoms with Crippen molar-refractivity contribution in [2.24, 2.45) is 4.99 Å². The Balaban J connectivity index is 2.36. The number of anilines is 1. The van der Waals surface area contributed by atoms with Crippen LogP contribution in [0.15, 0.2) is 28.1 Å². The van der Waals surface area contributed by atoms with Crippen LogP contribution in [-0.2, 0) is 6.42 Å². The monoisotopic (exact) mass is 232 g/mol. The van der Waals surface area contributed by atoms with E-state index in [9.17, 15) is 0 Å². The topological polar surface area (TPSA) is 64.2 Å². The van der Waals surface area contributed by atoms with Gasteiger partial charge in [0.05, 0.1) is 11.3 Å². The molecule has 2 aromatic rings. The number of hydrogen-bond acceptors (Lipinski definition) is 5. The van der Waals surface area contributed by atoms with E-state index in [2.05, 4.69) is 26.4 Å². The van der Waals surface area contributed by atoms with Gasteiger partial charge in [-0.25, -0.2) is 9.97 Å². The van der Waals surface area contributed by atoms with Gasteiger partial charge in [-0.05, 0) is 22.4 Å². The number of nitrogens with two attached hydrogens (primary N) is 1. The molecule has 0 aliphatic carbocycles. The maximum atomic E-state index is 5.80. The molecule has 5 heteroatoms. The predicted octanol–water partition coefficient (Wildman–Crippen LogP) is 1.76. The minimum Gasteiger partial charge on any atom is -0.383 e. The fraction of sp³-hybridized carbons (Fsp3) is 0.182. The Kier molecular flexibility index (Phi) is 3.26. The van der Waals surface area contributed by atoms with E-state index in [4.69, 9.17) is 5.73 Å². The van der Waals surface area contributed by atoms with Crippen LogP contribution >= 0.6 is 11.3 Å². The zero-order valence-corrected chi connectivity index (χ0v) is 9.74. The van der Waals surface area contributed by atoms with Crippen LogP contribution in [0.1, 0.15) is 16.8 Å². The van der Waals surface area contributed by atoms with Crippen LogP contribution in [0.5, 0.6) is 0 Å². The molecule has 0 amide bonds. The lowest BCUT2D eigenvalue weighted by atomic mass is 10.1. The second-order valence-corrected chi connectivity index (χ2v) is 4.09. The molecule has 4 nitrogen and oxygen atoms in total. The molecule has 0 aromatic carbocycles. The lowest BCUT2D eigenvalue weighted by Crippen LogP contribution is -2.05. The van der Waals surface area contributed by atoms with E-state index in [1.54, 1.807) is 24.6 Å². The van der Waals surface area contributed by atoms with Gasteiger partial charge in [0.15, 0.2) is 0 Å². The smallest absolute Gasteiger partial charge is 0.135 e. The number of rotatable bonds is 3.